The number of rotatable bonds is 3. The van der Waals surface area contributed by atoms with Crippen molar-refractivity contribution in [3.63, 3.8) is 0 Å². The summed E-state index contributed by atoms with van der Waals surface area (Å²) in [6, 6.07) is 10.1. The Labute approximate surface area is 130 Å². The number of hydrogen-bond donors (Lipinski definition) is 1. The predicted octanol–water partition coefficient (Wildman–Crippen LogP) is 2.56. The smallest absolute Gasteiger partial charge is 0.354 e. The molecule has 0 bridgehead atoms. The number of Topliss-reactive ketones (excluding diaryl/α,β-unsaturated/α-hetero) is 1. The molecular weight excluding hydrogens is 278 g/mol. The lowest BCUT2D eigenvalue weighted by Gasteiger charge is -2.32. The highest BCUT2D eigenvalue weighted by molar-refractivity contribution is 5.94. The Bertz CT molecular complexity index is 620. The van der Waals surface area contributed by atoms with E-state index in [0.717, 1.165) is 12.0 Å². The Balaban J connectivity index is 1.80. The van der Waals surface area contributed by atoms with Crippen LogP contribution in [0.1, 0.15) is 38.2 Å². The minimum Gasteiger partial charge on any atom is -0.461 e. The van der Waals surface area contributed by atoms with Gasteiger partial charge in [-0.2, -0.15) is 0 Å². The summed E-state index contributed by atoms with van der Waals surface area (Å²) in [5.74, 6) is -0.0935. The van der Waals surface area contributed by atoms with Crippen LogP contribution in [0.4, 0.5) is 0 Å². The molecule has 3 atom stereocenters. The Hall–Kier alpha value is -2.10. The first-order valence-electron chi connectivity index (χ1n) is 7.84. The Morgan fingerprint density at radius 1 is 1.32 bits per heavy atom. The number of carbonyl (C=O) groups is 2. The second-order valence-electron chi connectivity index (χ2n) is 6.02. The fourth-order valence-electron chi connectivity index (χ4n) is 3.66. The third-order valence-electron chi connectivity index (χ3n) is 4.68. The van der Waals surface area contributed by atoms with Crippen LogP contribution in [-0.2, 0) is 14.3 Å². The fourth-order valence-corrected chi connectivity index (χ4v) is 3.66. The molecule has 0 spiro atoms. The molecule has 1 aliphatic carbocycles. The van der Waals surface area contributed by atoms with Crippen molar-refractivity contribution >= 4 is 11.8 Å². The Morgan fingerprint density at radius 3 is 2.73 bits per heavy atom. The van der Waals surface area contributed by atoms with E-state index in [1.165, 1.54) is 5.56 Å². The molecule has 3 unspecified atom stereocenters. The second kappa shape index (κ2) is 5.95. The van der Waals surface area contributed by atoms with E-state index in [9.17, 15) is 9.59 Å². The highest BCUT2D eigenvalue weighted by atomic mass is 16.5. The van der Waals surface area contributed by atoms with Crippen LogP contribution in [0.3, 0.4) is 0 Å². The highest BCUT2D eigenvalue weighted by Crippen LogP contribution is 2.40. The molecule has 1 fully saturated rings. The van der Waals surface area contributed by atoms with E-state index < -0.39 is 0 Å². The number of benzene rings is 1. The van der Waals surface area contributed by atoms with Crippen LogP contribution in [0.5, 0.6) is 0 Å². The van der Waals surface area contributed by atoms with Gasteiger partial charge in [-0.15, -0.1) is 0 Å². The van der Waals surface area contributed by atoms with Crippen molar-refractivity contribution in [2.24, 2.45) is 5.92 Å². The van der Waals surface area contributed by atoms with Crippen molar-refractivity contribution in [1.82, 2.24) is 5.32 Å². The van der Waals surface area contributed by atoms with Gasteiger partial charge in [0.25, 0.3) is 0 Å². The quantitative estimate of drug-likeness (QED) is 0.872. The number of nitrogens with one attached hydrogen (secondary N) is 1. The van der Waals surface area contributed by atoms with E-state index in [0.29, 0.717) is 18.7 Å². The van der Waals surface area contributed by atoms with Gasteiger partial charge in [0.05, 0.1) is 12.5 Å². The Kier molecular flexibility index (Phi) is 4.01. The van der Waals surface area contributed by atoms with Gasteiger partial charge < -0.3 is 10.1 Å². The van der Waals surface area contributed by atoms with Gasteiger partial charge in [0.1, 0.15) is 11.5 Å². The lowest BCUT2D eigenvalue weighted by atomic mass is 9.74. The number of carbonyl (C=O) groups excluding carboxylic acids is 2. The van der Waals surface area contributed by atoms with Crippen LogP contribution in [0, 0.1) is 5.92 Å². The van der Waals surface area contributed by atoms with Crippen LogP contribution < -0.4 is 5.32 Å². The molecule has 1 aromatic rings. The van der Waals surface area contributed by atoms with Gasteiger partial charge in [-0.3, -0.25) is 4.79 Å². The molecule has 1 heterocycles. The maximum absolute atomic E-state index is 12.6. The minimum absolute atomic E-state index is 0.00543. The van der Waals surface area contributed by atoms with Crippen LogP contribution in [-0.4, -0.2) is 24.4 Å². The van der Waals surface area contributed by atoms with Crippen molar-refractivity contribution in [1.29, 1.82) is 0 Å². The molecule has 4 heteroatoms. The van der Waals surface area contributed by atoms with Crippen molar-refractivity contribution < 1.29 is 14.3 Å². The van der Waals surface area contributed by atoms with Gasteiger partial charge in [0.15, 0.2) is 0 Å². The molecule has 1 aliphatic heterocycles. The standard InChI is InChI=1S/C18H21NO3/c1-3-22-18(21)17-11(2)16-14(19-17)9-13(10-15(16)20)12-7-5-4-6-8-12/h4-8,13-14,16,19H,3,9-10H2,1-2H3. The molecule has 0 saturated heterocycles. The molecule has 3 rings (SSSR count). The zero-order valence-corrected chi connectivity index (χ0v) is 13.0. The van der Waals surface area contributed by atoms with Crippen LogP contribution >= 0.6 is 0 Å². The number of ketones is 1. The second-order valence-corrected chi connectivity index (χ2v) is 6.02. The van der Waals surface area contributed by atoms with Gasteiger partial charge in [0, 0.05) is 12.5 Å². The molecular formula is C18H21NO3. The SMILES string of the molecule is CCOC(=O)C1=C(C)C2C(=O)CC(c3ccccc3)CC2N1. The molecule has 1 N–H and O–H groups in total. The summed E-state index contributed by atoms with van der Waals surface area (Å²) in [5, 5.41) is 3.24. The number of ether oxygens (including phenoxy) is 1. The first-order chi connectivity index (χ1) is 10.6. The summed E-state index contributed by atoms with van der Waals surface area (Å²) in [6.45, 7) is 3.99. The van der Waals surface area contributed by atoms with Crippen molar-refractivity contribution in [3.05, 3.63) is 47.2 Å². The lowest BCUT2D eigenvalue weighted by Crippen LogP contribution is -2.40. The third-order valence-corrected chi connectivity index (χ3v) is 4.68. The maximum Gasteiger partial charge on any atom is 0.354 e. The summed E-state index contributed by atoms with van der Waals surface area (Å²) in [5.41, 5.74) is 2.51. The van der Waals surface area contributed by atoms with Gasteiger partial charge >= 0.3 is 5.97 Å². The predicted molar refractivity (Wildman–Crippen MR) is 83.2 cm³/mol. The molecule has 0 radical (unpaired) electrons. The maximum atomic E-state index is 12.6. The van der Waals surface area contributed by atoms with E-state index >= 15 is 0 Å². The average Bonchev–Trinajstić information content (AvgIpc) is 2.86. The average molecular weight is 299 g/mol. The topological polar surface area (TPSA) is 55.4 Å². The highest BCUT2D eigenvalue weighted by Gasteiger charge is 2.44. The number of esters is 1. The molecule has 1 saturated carbocycles. The first kappa shape index (κ1) is 14.8. The first-order valence-corrected chi connectivity index (χ1v) is 7.84. The summed E-state index contributed by atoms with van der Waals surface area (Å²) in [7, 11) is 0. The molecule has 22 heavy (non-hydrogen) atoms. The monoisotopic (exact) mass is 299 g/mol. The molecule has 0 amide bonds. The summed E-state index contributed by atoms with van der Waals surface area (Å²) in [6.07, 6.45) is 1.40. The molecule has 0 aromatic heterocycles. The van der Waals surface area contributed by atoms with E-state index in [-0.39, 0.29) is 29.6 Å². The minimum atomic E-state index is -0.349. The zero-order chi connectivity index (χ0) is 15.7. The van der Waals surface area contributed by atoms with Crippen LogP contribution in [0.2, 0.25) is 0 Å². The normalized spacial score (nSPS) is 27.4. The van der Waals surface area contributed by atoms with Crippen LogP contribution in [0.15, 0.2) is 41.6 Å². The third kappa shape index (κ3) is 2.54. The lowest BCUT2D eigenvalue weighted by molar-refractivity contribution is -0.139. The summed E-state index contributed by atoms with van der Waals surface area (Å²) in [4.78, 5) is 24.6. The molecule has 2 aliphatic rings. The van der Waals surface area contributed by atoms with E-state index in [1.807, 2.05) is 25.1 Å². The van der Waals surface area contributed by atoms with E-state index in [4.69, 9.17) is 4.74 Å². The van der Waals surface area contributed by atoms with Gasteiger partial charge in [-0.1, -0.05) is 30.3 Å². The fraction of sp³-hybridized carbons (Fsp3) is 0.444. The van der Waals surface area contributed by atoms with Gasteiger partial charge in [-0.25, -0.2) is 4.79 Å². The molecule has 4 nitrogen and oxygen atoms in total. The zero-order valence-electron chi connectivity index (χ0n) is 13.0. The van der Waals surface area contributed by atoms with Gasteiger partial charge in [-0.05, 0) is 37.3 Å². The van der Waals surface area contributed by atoms with Crippen molar-refractivity contribution in [2.45, 2.75) is 38.6 Å². The van der Waals surface area contributed by atoms with Gasteiger partial charge in [0.2, 0.25) is 0 Å². The number of hydrogen-bond acceptors (Lipinski definition) is 4. The van der Waals surface area contributed by atoms with Crippen molar-refractivity contribution in [2.75, 3.05) is 6.61 Å². The molecule has 116 valence electrons. The Morgan fingerprint density at radius 2 is 2.05 bits per heavy atom. The largest absolute Gasteiger partial charge is 0.461 e. The summed E-state index contributed by atoms with van der Waals surface area (Å²) < 4.78 is 5.08. The molecule has 1 aromatic carbocycles. The summed E-state index contributed by atoms with van der Waals surface area (Å²) >= 11 is 0. The van der Waals surface area contributed by atoms with E-state index in [1.54, 1.807) is 6.92 Å². The van der Waals surface area contributed by atoms with E-state index in [2.05, 4.69) is 17.4 Å². The number of fused-ring (bicyclic) bond motifs is 1. The van der Waals surface area contributed by atoms with Crippen LogP contribution in [0.25, 0.3) is 0 Å². The van der Waals surface area contributed by atoms with Crippen molar-refractivity contribution in [3.8, 4) is 0 Å².